The number of rotatable bonds is 13. The Hall–Kier alpha value is -4.32. The predicted molar refractivity (Wildman–Crippen MR) is 155 cm³/mol. The van der Waals surface area contributed by atoms with Gasteiger partial charge in [-0.25, -0.2) is 0 Å². The summed E-state index contributed by atoms with van der Waals surface area (Å²) in [6.07, 6.45) is 2.23. The van der Waals surface area contributed by atoms with E-state index in [1.54, 1.807) is 12.0 Å². The summed E-state index contributed by atoms with van der Waals surface area (Å²) in [7, 11) is 1.61. The molecule has 4 aromatic carbocycles. The third-order valence-corrected chi connectivity index (χ3v) is 6.69. The lowest BCUT2D eigenvalue weighted by atomic mass is 10.0. The normalized spacial score (nSPS) is 11.5. The monoisotopic (exact) mass is 524 g/mol. The number of nitrogens with one attached hydrogen (secondary N) is 1. The molecule has 0 aliphatic rings. The molecule has 0 unspecified atom stereocenters. The molecule has 0 fully saturated rings. The Kier molecular flexibility index (Phi) is 9.95. The third-order valence-electron chi connectivity index (χ3n) is 6.69. The zero-order valence-electron chi connectivity index (χ0n) is 22.6. The van der Waals surface area contributed by atoms with Crippen molar-refractivity contribution in [1.29, 1.82) is 0 Å². The van der Waals surface area contributed by atoms with Crippen LogP contribution in [0.25, 0.3) is 10.8 Å². The summed E-state index contributed by atoms with van der Waals surface area (Å²) in [6.45, 7) is 2.70. The van der Waals surface area contributed by atoms with Crippen LogP contribution in [0, 0.1) is 0 Å². The fourth-order valence-electron chi connectivity index (χ4n) is 4.57. The van der Waals surface area contributed by atoms with Crippen molar-refractivity contribution in [2.24, 2.45) is 0 Å². The second-order valence-corrected chi connectivity index (χ2v) is 9.49. The van der Waals surface area contributed by atoms with Crippen molar-refractivity contribution in [1.82, 2.24) is 10.2 Å². The summed E-state index contributed by atoms with van der Waals surface area (Å²) in [5.74, 6) is 0.889. The molecule has 1 atom stereocenters. The van der Waals surface area contributed by atoms with Crippen molar-refractivity contribution in [3.63, 3.8) is 0 Å². The third kappa shape index (κ3) is 7.60. The van der Waals surface area contributed by atoms with Gasteiger partial charge in [0.1, 0.15) is 17.5 Å². The first-order valence-corrected chi connectivity index (χ1v) is 13.4. The highest BCUT2D eigenvalue weighted by Crippen LogP contribution is 2.25. The maximum atomic E-state index is 13.9. The molecule has 0 radical (unpaired) electrons. The molecule has 0 bridgehead atoms. The molecule has 6 nitrogen and oxygen atoms in total. The zero-order valence-corrected chi connectivity index (χ0v) is 22.6. The van der Waals surface area contributed by atoms with E-state index in [1.165, 1.54) is 0 Å². The van der Waals surface area contributed by atoms with E-state index < -0.39 is 6.04 Å². The number of unbranched alkanes of at least 4 members (excludes halogenated alkanes) is 1. The molecule has 0 heterocycles. The molecule has 1 N–H and O–H groups in total. The first-order chi connectivity index (χ1) is 19.1. The lowest BCUT2D eigenvalue weighted by Crippen LogP contribution is -2.51. The Bertz CT molecular complexity index is 1370. The second-order valence-electron chi connectivity index (χ2n) is 9.49. The number of fused-ring (bicyclic) bond motifs is 1. The van der Waals surface area contributed by atoms with Gasteiger partial charge in [-0.15, -0.1) is 0 Å². The Morgan fingerprint density at radius 3 is 2.38 bits per heavy atom. The minimum Gasteiger partial charge on any atom is -0.497 e. The number of amides is 2. The Labute approximate surface area is 230 Å². The Morgan fingerprint density at radius 1 is 0.872 bits per heavy atom. The quantitative estimate of drug-likeness (QED) is 0.225. The average molecular weight is 525 g/mol. The van der Waals surface area contributed by atoms with E-state index in [0.717, 1.165) is 34.7 Å². The van der Waals surface area contributed by atoms with Crippen LogP contribution < -0.4 is 14.8 Å². The largest absolute Gasteiger partial charge is 0.497 e. The average Bonchev–Trinajstić information content (AvgIpc) is 2.98. The summed E-state index contributed by atoms with van der Waals surface area (Å²) < 4.78 is 11.5. The SMILES string of the molecule is CCCCNC(=O)[C@@H](Cc1ccccc1)N(Cc1cccc(OC)c1)C(=O)COc1cccc2ccccc12. The minimum absolute atomic E-state index is 0.172. The van der Waals surface area contributed by atoms with E-state index in [9.17, 15) is 9.59 Å². The maximum Gasteiger partial charge on any atom is 0.261 e. The number of nitrogens with zero attached hydrogens (tertiary/aromatic N) is 1. The first kappa shape index (κ1) is 27.7. The van der Waals surface area contributed by atoms with Crippen molar-refractivity contribution < 1.29 is 19.1 Å². The van der Waals surface area contributed by atoms with E-state index in [4.69, 9.17) is 9.47 Å². The fourth-order valence-corrected chi connectivity index (χ4v) is 4.57. The van der Waals surface area contributed by atoms with Crippen LogP contribution in [-0.2, 0) is 22.6 Å². The summed E-state index contributed by atoms with van der Waals surface area (Å²) in [5, 5.41) is 5.02. The highest BCUT2D eigenvalue weighted by Gasteiger charge is 2.30. The van der Waals surface area contributed by atoms with Crippen molar-refractivity contribution >= 4 is 22.6 Å². The van der Waals surface area contributed by atoms with Crippen LogP contribution >= 0.6 is 0 Å². The number of benzene rings is 4. The number of hydrogen-bond acceptors (Lipinski definition) is 4. The topological polar surface area (TPSA) is 67.9 Å². The summed E-state index contributed by atoms with van der Waals surface area (Å²) in [4.78, 5) is 29.1. The van der Waals surface area contributed by atoms with Gasteiger partial charge in [-0.1, -0.05) is 92.2 Å². The molecule has 0 saturated carbocycles. The van der Waals surface area contributed by atoms with Crippen molar-refractivity contribution in [3.05, 3.63) is 108 Å². The Morgan fingerprint density at radius 2 is 1.59 bits per heavy atom. The van der Waals surface area contributed by atoms with Gasteiger partial charge in [0, 0.05) is 24.9 Å². The number of carbonyl (C=O) groups is 2. The standard InChI is InChI=1S/C33H36N2O4/c1-3-4-20-34-33(37)30(22-25-12-6-5-7-13-25)35(23-26-14-10-17-28(21-26)38-2)32(36)24-39-31-19-11-16-27-15-8-9-18-29(27)31/h5-19,21,30H,3-4,20,22-24H2,1-2H3,(H,34,37)/t30-/m1/s1. The second kappa shape index (κ2) is 14.0. The van der Waals surface area contributed by atoms with Gasteiger partial charge in [-0.05, 0) is 41.1 Å². The van der Waals surface area contributed by atoms with Gasteiger partial charge < -0.3 is 19.7 Å². The zero-order chi connectivity index (χ0) is 27.5. The van der Waals surface area contributed by atoms with E-state index >= 15 is 0 Å². The molecule has 0 aromatic heterocycles. The van der Waals surface area contributed by atoms with Crippen molar-refractivity contribution in [3.8, 4) is 11.5 Å². The number of ether oxygens (including phenoxy) is 2. The molecule has 0 spiro atoms. The lowest BCUT2D eigenvalue weighted by molar-refractivity contribution is -0.142. The molecule has 202 valence electrons. The van der Waals surface area contributed by atoms with Gasteiger partial charge >= 0.3 is 0 Å². The van der Waals surface area contributed by atoms with Crippen LogP contribution in [0.15, 0.2) is 97.1 Å². The van der Waals surface area contributed by atoms with Crippen LogP contribution in [0.1, 0.15) is 30.9 Å². The van der Waals surface area contributed by atoms with Gasteiger partial charge in [0.25, 0.3) is 5.91 Å². The molecule has 2 amide bonds. The van der Waals surface area contributed by atoms with Crippen LogP contribution in [0.3, 0.4) is 0 Å². The van der Waals surface area contributed by atoms with Gasteiger partial charge in [-0.3, -0.25) is 9.59 Å². The molecule has 0 aliphatic carbocycles. The minimum atomic E-state index is -0.709. The number of hydrogen-bond donors (Lipinski definition) is 1. The molecule has 4 rings (SSSR count). The molecule has 0 saturated heterocycles. The highest BCUT2D eigenvalue weighted by molar-refractivity contribution is 5.90. The van der Waals surface area contributed by atoms with E-state index in [-0.39, 0.29) is 25.0 Å². The van der Waals surface area contributed by atoms with E-state index in [2.05, 4.69) is 12.2 Å². The maximum absolute atomic E-state index is 13.9. The van der Waals surface area contributed by atoms with Gasteiger partial charge in [0.05, 0.1) is 7.11 Å². The molecule has 39 heavy (non-hydrogen) atoms. The number of carbonyl (C=O) groups excluding carboxylic acids is 2. The molecular formula is C33H36N2O4. The number of methoxy groups -OCH3 is 1. The smallest absolute Gasteiger partial charge is 0.261 e. The molecule has 6 heteroatoms. The van der Waals surface area contributed by atoms with Crippen molar-refractivity contribution in [2.45, 2.75) is 38.8 Å². The fraction of sp³-hybridized carbons (Fsp3) is 0.273. The Balaban J connectivity index is 1.64. The van der Waals surface area contributed by atoms with E-state index in [0.29, 0.717) is 24.5 Å². The van der Waals surface area contributed by atoms with Crippen LogP contribution in [0.2, 0.25) is 0 Å². The highest BCUT2D eigenvalue weighted by atomic mass is 16.5. The van der Waals surface area contributed by atoms with Crippen LogP contribution in [0.4, 0.5) is 0 Å². The van der Waals surface area contributed by atoms with Gasteiger partial charge in [-0.2, -0.15) is 0 Å². The van der Waals surface area contributed by atoms with Gasteiger partial charge in [0.15, 0.2) is 6.61 Å². The molecule has 0 aliphatic heterocycles. The van der Waals surface area contributed by atoms with E-state index in [1.807, 2.05) is 97.1 Å². The van der Waals surface area contributed by atoms with Crippen molar-refractivity contribution in [2.75, 3.05) is 20.3 Å². The first-order valence-electron chi connectivity index (χ1n) is 13.4. The molecule has 4 aromatic rings. The molecular weight excluding hydrogens is 488 g/mol. The predicted octanol–water partition coefficient (Wildman–Crippen LogP) is 5.78. The van der Waals surface area contributed by atoms with Crippen LogP contribution in [0.5, 0.6) is 11.5 Å². The summed E-state index contributed by atoms with van der Waals surface area (Å²) in [6, 6.07) is 30.3. The summed E-state index contributed by atoms with van der Waals surface area (Å²) in [5.41, 5.74) is 1.85. The lowest BCUT2D eigenvalue weighted by Gasteiger charge is -2.31. The van der Waals surface area contributed by atoms with Gasteiger partial charge in [0.2, 0.25) is 5.91 Å². The van der Waals surface area contributed by atoms with Crippen LogP contribution in [-0.4, -0.2) is 43.0 Å². The summed E-state index contributed by atoms with van der Waals surface area (Å²) >= 11 is 0.